The van der Waals surface area contributed by atoms with Crippen LogP contribution in [0.5, 0.6) is 0 Å². The van der Waals surface area contributed by atoms with E-state index in [0.29, 0.717) is 0 Å². The lowest BCUT2D eigenvalue weighted by Crippen LogP contribution is -2.10. The first-order chi connectivity index (χ1) is 5.70. The zero-order valence-electron chi connectivity index (χ0n) is 7.00. The van der Waals surface area contributed by atoms with Crippen molar-refractivity contribution in [1.82, 2.24) is 0 Å². The molecule has 0 amide bonds. The Labute approximate surface area is 71.1 Å². The average Bonchev–Trinajstić information content (AvgIpc) is 2.01. The maximum Gasteiger partial charge on any atom is 0.313 e. The molecule has 0 fully saturated rings. The van der Waals surface area contributed by atoms with Crippen LogP contribution in [-0.4, -0.2) is 18.4 Å². The summed E-state index contributed by atoms with van der Waals surface area (Å²) in [5.41, 5.74) is 0. The van der Waals surface area contributed by atoms with Crippen molar-refractivity contribution in [3.63, 3.8) is 0 Å². The van der Waals surface area contributed by atoms with Crippen LogP contribution >= 0.6 is 0 Å². The first-order valence-electron chi connectivity index (χ1n) is 3.75. The topological polar surface area (TPSA) is 67.2 Å². The number of ketones is 1. The Balaban J connectivity index is 3.56. The third-order valence-electron chi connectivity index (χ3n) is 1.16. The average molecular weight is 169 g/mol. The Kier molecular flexibility index (Phi) is 5.62. The summed E-state index contributed by atoms with van der Waals surface area (Å²) in [5, 5.41) is 8.13. The zero-order valence-corrected chi connectivity index (χ0v) is 7.00. The molecule has 0 aromatic carbocycles. The Morgan fingerprint density at radius 3 is 2.67 bits per heavy atom. The molecule has 4 nitrogen and oxygen atoms in total. The number of rotatable bonds is 5. The van der Waals surface area contributed by atoms with Crippen LogP contribution in [0.1, 0.15) is 26.2 Å². The van der Waals surface area contributed by atoms with E-state index in [2.05, 4.69) is 4.74 Å². The van der Waals surface area contributed by atoms with Gasteiger partial charge in [0.2, 0.25) is 0 Å². The van der Waals surface area contributed by atoms with Gasteiger partial charge in [-0.05, 0) is 6.92 Å². The molecule has 4 heteroatoms. The van der Waals surface area contributed by atoms with Crippen molar-refractivity contribution in [3.8, 4) is 6.07 Å². The molecule has 0 atom stereocenters. The Morgan fingerprint density at radius 1 is 1.50 bits per heavy atom. The van der Waals surface area contributed by atoms with E-state index in [9.17, 15) is 9.59 Å². The molecule has 0 aliphatic carbocycles. The molecule has 0 saturated heterocycles. The molecule has 66 valence electrons. The summed E-state index contributed by atoms with van der Waals surface area (Å²) in [4.78, 5) is 21.5. The van der Waals surface area contributed by atoms with Gasteiger partial charge in [0, 0.05) is 12.8 Å². The maximum absolute atomic E-state index is 10.8. The number of nitrogens with zero attached hydrogens (tertiary/aromatic N) is 1. The molecule has 0 radical (unpaired) electrons. The van der Waals surface area contributed by atoms with E-state index in [0.717, 1.165) is 0 Å². The van der Waals surface area contributed by atoms with E-state index in [1.54, 1.807) is 6.92 Å². The smallest absolute Gasteiger partial charge is 0.313 e. The summed E-state index contributed by atoms with van der Waals surface area (Å²) < 4.78 is 4.55. The molecule has 0 aromatic rings. The highest BCUT2D eigenvalue weighted by Gasteiger charge is 2.08. The summed E-state index contributed by atoms with van der Waals surface area (Å²) >= 11 is 0. The van der Waals surface area contributed by atoms with Crippen LogP contribution < -0.4 is 0 Å². The van der Waals surface area contributed by atoms with Gasteiger partial charge in [0.1, 0.15) is 12.2 Å². The van der Waals surface area contributed by atoms with Gasteiger partial charge in [-0.25, -0.2) is 0 Å². The standard InChI is InChI=1S/C8H11NO3/c1-2-12-8(11)6-7(10)4-3-5-9/h2-4,6H2,1H3. The molecule has 0 N–H and O–H groups in total. The third kappa shape index (κ3) is 5.42. The quantitative estimate of drug-likeness (QED) is 0.451. The number of esters is 1. The van der Waals surface area contributed by atoms with Gasteiger partial charge in [-0.2, -0.15) is 5.26 Å². The summed E-state index contributed by atoms with van der Waals surface area (Å²) in [6.07, 6.45) is 0.0864. The minimum absolute atomic E-state index is 0.134. The van der Waals surface area contributed by atoms with Crippen molar-refractivity contribution in [1.29, 1.82) is 5.26 Å². The van der Waals surface area contributed by atoms with E-state index >= 15 is 0 Å². The maximum atomic E-state index is 10.8. The predicted octanol–water partition coefficient (Wildman–Crippen LogP) is 0.812. The van der Waals surface area contributed by atoms with Gasteiger partial charge in [-0.15, -0.1) is 0 Å². The zero-order chi connectivity index (χ0) is 9.40. The van der Waals surface area contributed by atoms with Gasteiger partial charge in [0.05, 0.1) is 12.7 Å². The van der Waals surface area contributed by atoms with Crippen LogP contribution in [-0.2, 0) is 14.3 Å². The number of carbonyl (C=O) groups excluding carboxylic acids is 2. The fourth-order valence-electron chi connectivity index (χ4n) is 0.657. The van der Waals surface area contributed by atoms with Crippen molar-refractivity contribution < 1.29 is 14.3 Å². The molecule has 0 aliphatic rings. The summed E-state index contributed by atoms with van der Waals surface area (Å²) in [6.45, 7) is 1.96. The molecular weight excluding hydrogens is 158 g/mol. The highest BCUT2D eigenvalue weighted by atomic mass is 16.5. The Bertz CT molecular complexity index is 205. The van der Waals surface area contributed by atoms with Gasteiger partial charge < -0.3 is 4.74 Å². The van der Waals surface area contributed by atoms with Gasteiger partial charge in [-0.1, -0.05) is 0 Å². The molecule has 0 aliphatic heterocycles. The van der Waals surface area contributed by atoms with Gasteiger partial charge >= 0.3 is 5.97 Å². The minimum Gasteiger partial charge on any atom is -0.466 e. The highest BCUT2D eigenvalue weighted by molar-refractivity contribution is 5.95. The van der Waals surface area contributed by atoms with Gasteiger partial charge in [0.15, 0.2) is 0 Å². The molecular formula is C8H11NO3. The number of Topliss-reactive ketones (excluding diaryl/α,β-unsaturated/α-hetero) is 1. The second kappa shape index (κ2) is 6.35. The lowest BCUT2D eigenvalue weighted by Gasteiger charge is -1.98. The van der Waals surface area contributed by atoms with Crippen LogP contribution in [0.25, 0.3) is 0 Å². The van der Waals surface area contributed by atoms with E-state index in [1.165, 1.54) is 0 Å². The van der Waals surface area contributed by atoms with Crippen molar-refractivity contribution in [2.24, 2.45) is 0 Å². The minimum atomic E-state index is -0.513. The molecule has 0 saturated carbocycles. The summed E-state index contributed by atoms with van der Waals surface area (Å²) in [6, 6.07) is 1.83. The first kappa shape index (κ1) is 10.6. The van der Waals surface area contributed by atoms with E-state index in [-0.39, 0.29) is 31.7 Å². The van der Waals surface area contributed by atoms with E-state index in [4.69, 9.17) is 5.26 Å². The fourth-order valence-corrected chi connectivity index (χ4v) is 0.657. The van der Waals surface area contributed by atoms with E-state index < -0.39 is 5.97 Å². The molecule has 0 aromatic heterocycles. The summed E-state index contributed by atoms with van der Waals surface area (Å²) in [5.74, 6) is -0.754. The van der Waals surface area contributed by atoms with Crippen molar-refractivity contribution in [2.75, 3.05) is 6.61 Å². The van der Waals surface area contributed by atoms with Crippen molar-refractivity contribution >= 4 is 11.8 Å². The number of ether oxygens (including phenoxy) is 1. The SMILES string of the molecule is CCOC(=O)CC(=O)CCC#N. The van der Waals surface area contributed by atoms with Crippen LogP contribution in [0.4, 0.5) is 0 Å². The van der Waals surface area contributed by atoms with Crippen molar-refractivity contribution in [3.05, 3.63) is 0 Å². The Morgan fingerprint density at radius 2 is 2.17 bits per heavy atom. The molecule has 0 bridgehead atoms. The number of hydrogen-bond acceptors (Lipinski definition) is 4. The number of nitriles is 1. The van der Waals surface area contributed by atoms with Crippen LogP contribution in [0, 0.1) is 11.3 Å². The Hall–Kier alpha value is -1.37. The molecule has 0 spiro atoms. The lowest BCUT2D eigenvalue weighted by atomic mass is 10.2. The second-order valence-corrected chi connectivity index (χ2v) is 2.18. The monoisotopic (exact) mass is 169 g/mol. The molecule has 0 unspecified atom stereocenters. The van der Waals surface area contributed by atoms with Gasteiger partial charge in [0.25, 0.3) is 0 Å². The first-order valence-corrected chi connectivity index (χ1v) is 3.75. The van der Waals surface area contributed by atoms with Crippen LogP contribution in [0.3, 0.4) is 0 Å². The van der Waals surface area contributed by atoms with E-state index in [1.807, 2.05) is 6.07 Å². The summed E-state index contributed by atoms with van der Waals surface area (Å²) in [7, 11) is 0. The largest absolute Gasteiger partial charge is 0.466 e. The number of carbonyl (C=O) groups is 2. The van der Waals surface area contributed by atoms with Crippen molar-refractivity contribution in [2.45, 2.75) is 26.2 Å². The van der Waals surface area contributed by atoms with Gasteiger partial charge in [-0.3, -0.25) is 9.59 Å². The van der Waals surface area contributed by atoms with Crippen LogP contribution in [0.2, 0.25) is 0 Å². The lowest BCUT2D eigenvalue weighted by molar-refractivity contribution is -0.145. The molecule has 0 heterocycles. The number of hydrogen-bond donors (Lipinski definition) is 0. The second-order valence-electron chi connectivity index (χ2n) is 2.18. The predicted molar refractivity (Wildman–Crippen MR) is 41.1 cm³/mol. The molecule has 12 heavy (non-hydrogen) atoms. The normalized spacial score (nSPS) is 8.67. The fraction of sp³-hybridized carbons (Fsp3) is 0.625. The third-order valence-corrected chi connectivity index (χ3v) is 1.16. The highest BCUT2D eigenvalue weighted by Crippen LogP contribution is 1.95. The van der Waals surface area contributed by atoms with Crippen LogP contribution in [0.15, 0.2) is 0 Å². The molecule has 0 rings (SSSR count).